The number of carboxylic acids is 1. The molecular weight excluding hydrogens is 251 g/mol. The van der Waals surface area contributed by atoms with Gasteiger partial charge < -0.3 is 10.00 Å². The van der Waals surface area contributed by atoms with Crippen LogP contribution < -0.4 is 5.30 Å². The van der Waals surface area contributed by atoms with Gasteiger partial charge in [0, 0.05) is 11.5 Å². The Morgan fingerprint density at radius 3 is 2.50 bits per heavy atom. The Morgan fingerprint density at radius 2 is 1.78 bits per heavy atom. The summed E-state index contributed by atoms with van der Waals surface area (Å²) in [5.74, 6) is -1.07. The highest BCUT2D eigenvalue weighted by atomic mass is 31.2. The fraction of sp³-hybridized carbons (Fsp3) is 0.154. The van der Waals surface area contributed by atoms with Gasteiger partial charge in [0.1, 0.15) is 0 Å². The molecular formula is C13H13O4P. The number of hydrogen-bond acceptors (Lipinski definition) is 2. The number of carbonyl (C=O) groups is 1. The summed E-state index contributed by atoms with van der Waals surface area (Å²) < 4.78 is 12.2. The summed E-state index contributed by atoms with van der Waals surface area (Å²) in [7, 11) is -3.63. The molecule has 1 atom stereocenters. The zero-order chi connectivity index (χ0) is 13.2. The highest BCUT2D eigenvalue weighted by molar-refractivity contribution is 7.66. The SMILES string of the molecule is O=C(O)CCP(=O)(O)c1cccc2ccccc12. The molecule has 18 heavy (non-hydrogen) atoms. The Kier molecular flexibility index (Phi) is 3.50. The maximum Gasteiger partial charge on any atom is 0.303 e. The van der Waals surface area contributed by atoms with Crippen molar-refractivity contribution in [3.05, 3.63) is 42.5 Å². The van der Waals surface area contributed by atoms with Crippen molar-refractivity contribution < 1.29 is 19.4 Å². The summed E-state index contributed by atoms with van der Waals surface area (Å²) in [6.45, 7) is 0. The molecule has 2 rings (SSSR count). The molecule has 0 radical (unpaired) electrons. The number of hydrogen-bond donors (Lipinski definition) is 2. The van der Waals surface area contributed by atoms with E-state index in [1.807, 2.05) is 18.2 Å². The predicted molar refractivity (Wildman–Crippen MR) is 70.5 cm³/mol. The van der Waals surface area contributed by atoms with E-state index in [1.165, 1.54) is 0 Å². The first-order valence-corrected chi connectivity index (χ1v) is 7.37. The van der Waals surface area contributed by atoms with Gasteiger partial charge >= 0.3 is 5.97 Å². The maximum absolute atomic E-state index is 12.2. The first kappa shape index (κ1) is 12.8. The van der Waals surface area contributed by atoms with Crippen LogP contribution in [0.1, 0.15) is 6.42 Å². The van der Waals surface area contributed by atoms with Gasteiger partial charge in [0.25, 0.3) is 0 Å². The third-order valence-electron chi connectivity index (χ3n) is 2.77. The average Bonchev–Trinajstić information content (AvgIpc) is 2.36. The van der Waals surface area contributed by atoms with Crippen molar-refractivity contribution in [2.45, 2.75) is 6.42 Å². The van der Waals surface area contributed by atoms with Gasteiger partial charge in [-0.1, -0.05) is 36.4 Å². The van der Waals surface area contributed by atoms with Crippen molar-refractivity contribution in [3.63, 3.8) is 0 Å². The molecule has 0 amide bonds. The first-order chi connectivity index (χ1) is 8.50. The number of rotatable bonds is 4. The molecule has 0 saturated heterocycles. The van der Waals surface area contributed by atoms with Crippen LogP contribution in [0.25, 0.3) is 10.8 Å². The maximum atomic E-state index is 12.2. The predicted octanol–water partition coefficient (Wildman–Crippen LogP) is 2.21. The first-order valence-electron chi connectivity index (χ1n) is 5.53. The standard InChI is InChI=1S/C13H13O4P/c14-13(15)8-9-18(16,17)12-7-3-5-10-4-1-2-6-11(10)12/h1-7H,8-9H2,(H,14,15)(H,16,17). The Labute approximate surface area is 104 Å². The Bertz CT molecular complexity index is 630. The Hall–Kier alpha value is -1.64. The normalized spacial score (nSPS) is 14.3. The number of benzene rings is 2. The van der Waals surface area contributed by atoms with E-state index in [4.69, 9.17) is 5.11 Å². The summed E-state index contributed by atoms with van der Waals surface area (Å²) >= 11 is 0. The lowest BCUT2D eigenvalue weighted by atomic mass is 10.1. The van der Waals surface area contributed by atoms with Gasteiger partial charge in [0.2, 0.25) is 7.37 Å². The van der Waals surface area contributed by atoms with Gasteiger partial charge in [0.05, 0.1) is 6.42 Å². The van der Waals surface area contributed by atoms with Crippen molar-refractivity contribution >= 4 is 29.4 Å². The van der Waals surface area contributed by atoms with Gasteiger partial charge in [-0.3, -0.25) is 9.36 Å². The number of fused-ring (bicyclic) bond motifs is 1. The fourth-order valence-electron chi connectivity index (χ4n) is 1.88. The fourth-order valence-corrected chi connectivity index (χ4v) is 3.51. The average molecular weight is 264 g/mol. The molecule has 0 fully saturated rings. The van der Waals surface area contributed by atoms with E-state index in [2.05, 4.69) is 0 Å². The van der Waals surface area contributed by atoms with Crippen molar-refractivity contribution in [1.82, 2.24) is 0 Å². The molecule has 0 bridgehead atoms. The van der Waals surface area contributed by atoms with Gasteiger partial charge in [-0.15, -0.1) is 0 Å². The van der Waals surface area contributed by atoms with E-state index < -0.39 is 13.3 Å². The van der Waals surface area contributed by atoms with E-state index in [-0.39, 0.29) is 12.6 Å². The van der Waals surface area contributed by atoms with Gasteiger partial charge in [-0.25, -0.2) is 0 Å². The van der Waals surface area contributed by atoms with Crippen molar-refractivity contribution in [2.75, 3.05) is 6.16 Å². The Morgan fingerprint density at radius 1 is 1.11 bits per heavy atom. The smallest absolute Gasteiger partial charge is 0.303 e. The van der Waals surface area contributed by atoms with Gasteiger partial charge in [-0.05, 0) is 16.8 Å². The zero-order valence-electron chi connectivity index (χ0n) is 9.61. The van der Waals surface area contributed by atoms with Crippen molar-refractivity contribution in [2.24, 2.45) is 0 Å². The molecule has 0 saturated carbocycles. The third kappa shape index (κ3) is 2.61. The van der Waals surface area contributed by atoms with Crippen LogP contribution in [-0.2, 0) is 9.36 Å². The zero-order valence-corrected chi connectivity index (χ0v) is 10.5. The topological polar surface area (TPSA) is 74.6 Å². The van der Waals surface area contributed by atoms with Crippen molar-refractivity contribution in [3.8, 4) is 0 Å². The molecule has 0 heterocycles. The molecule has 2 N–H and O–H groups in total. The molecule has 0 aliphatic rings. The van der Waals surface area contributed by atoms with Crippen molar-refractivity contribution in [1.29, 1.82) is 0 Å². The van der Waals surface area contributed by atoms with E-state index in [9.17, 15) is 14.3 Å². The second-order valence-electron chi connectivity index (χ2n) is 4.07. The molecule has 0 aliphatic heterocycles. The molecule has 5 heteroatoms. The van der Waals surface area contributed by atoms with Crippen LogP contribution in [-0.4, -0.2) is 22.1 Å². The third-order valence-corrected chi connectivity index (χ3v) is 4.74. The van der Waals surface area contributed by atoms with Crippen LogP contribution in [0.4, 0.5) is 0 Å². The summed E-state index contributed by atoms with van der Waals surface area (Å²) in [6, 6.07) is 12.4. The quantitative estimate of drug-likeness (QED) is 0.830. The lowest BCUT2D eigenvalue weighted by molar-refractivity contribution is -0.136. The monoisotopic (exact) mass is 264 g/mol. The van der Waals surface area contributed by atoms with E-state index >= 15 is 0 Å². The minimum Gasteiger partial charge on any atom is -0.481 e. The molecule has 2 aromatic carbocycles. The van der Waals surface area contributed by atoms with Gasteiger partial charge in [-0.2, -0.15) is 0 Å². The number of aliphatic carboxylic acids is 1. The highest BCUT2D eigenvalue weighted by Crippen LogP contribution is 2.42. The summed E-state index contributed by atoms with van der Waals surface area (Å²) in [5.41, 5.74) is 0. The lowest BCUT2D eigenvalue weighted by Crippen LogP contribution is -2.11. The molecule has 4 nitrogen and oxygen atoms in total. The summed E-state index contributed by atoms with van der Waals surface area (Å²) in [4.78, 5) is 20.5. The number of carboxylic acid groups (broad SMARTS) is 1. The van der Waals surface area contributed by atoms with Crippen LogP contribution in [0.15, 0.2) is 42.5 Å². The van der Waals surface area contributed by atoms with Crippen LogP contribution in [0.3, 0.4) is 0 Å². The minimum absolute atomic E-state index is 0.240. The highest BCUT2D eigenvalue weighted by Gasteiger charge is 2.24. The van der Waals surface area contributed by atoms with E-state index in [0.717, 1.165) is 5.39 Å². The second kappa shape index (κ2) is 4.92. The van der Waals surface area contributed by atoms with Crippen LogP contribution in [0.5, 0.6) is 0 Å². The summed E-state index contributed by atoms with van der Waals surface area (Å²) in [5, 5.41) is 10.5. The minimum atomic E-state index is -3.63. The largest absolute Gasteiger partial charge is 0.481 e. The summed E-state index contributed by atoms with van der Waals surface area (Å²) in [6.07, 6.45) is -0.548. The molecule has 2 aromatic rings. The van der Waals surface area contributed by atoms with Crippen LogP contribution >= 0.6 is 7.37 Å². The molecule has 1 unspecified atom stereocenters. The van der Waals surface area contributed by atoms with Crippen LogP contribution in [0.2, 0.25) is 0 Å². The Balaban J connectivity index is 2.47. The molecule has 0 aliphatic carbocycles. The van der Waals surface area contributed by atoms with Crippen LogP contribution in [0, 0.1) is 0 Å². The molecule has 94 valence electrons. The van der Waals surface area contributed by atoms with E-state index in [0.29, 0.717) is 10.7 Å². The van der Waals surface area contributed by atoms with Gasteiger partial charge in [0.15, 0.2) is 0 Å². The molecule has 0 aromatic heterocycles. The second-order valence-corrected chi connectivity index (χ2v) is 6.40. The molecule has 0 spiro atoms. The lowest BCUT2D eigenvalue weighted by Gasteiger charge is -2.13. The van der Waals surface area contributed by atoms with E-state index in [1.54, 1.807) is 24.3 Å².